The highest BCUT2D eigenvalue weighted by atomic mass is 35.5. The summed E-state index contributed by atoms with van der Waals surface area (Å²) in [6, 6.07) is 7.56. The van der Waals surface area contributed by atoms with Crippen molar-refractivity contribution in [1.29, 1.82) is 4.29 Å². The minimum absolute atomic E-state index is 0.0117. The van der Waals surface area contributed by atoms with Crippen LogP contribution in [0.3, 0.4) is 0 Å². The molecule has 2 aromatic heterocycles. The molecule has 1 saturated heterocycles. The van der Waals surface area contributed by atoms with Crippen LogP contribution in [0.15, 0.2) is 43.6 Å². The predicted octanol–water partition coefficient (Wildman–Crippen LogP) is 3.52. The third-order valence-electron chi connectivity index (χ3n) is 8.10. The number of piperazine rings is 1. The zero-order valence-electron chi connectivity index (χ0n) is 35.9. The number of aromatic nitrogens is 3. The quantitative estimate of drug-likeness (QED) is 0.0496. The minimum Gasteiger partial charge on any atom is -0.394 e. The lowest BCUT2D eigenvalue weighted by atomic mass is 9.92. The second-order valence-corrected chi connectivity index (χ2v) is 13.8. The molecule has 0 saturated carbocycles. The van der Waals surface area contributed by atoms with Crippen LogP contribution >= 0.6 is 22.9 Å². The van der Waals surface area contributed by atoms with E-state index in [-0.39, 0.29) is 71.7 Å². The molecular weight excluding hydrogens is 768 g/mol. The number of hydrogen-bond acceptors (Lipinski definition) is 17. The molecule has 0 aliphatic carbocycles. The molecule has 1 aromatic carbocycles. The summed E-state index contributed by atoms with van der Waals surface area (Å²) in [7, 11) is 3.28. The average molecular weight is 830 g/mol. The SMILES string of the molecule is C=C.CON1CCN(c2cc(Nc3ncc(C(=O)Cc4c(C)cccc4Cl)s3)nc(C)n2)CC1.[2H]OCCOCC(COCCO[2H])(COCCO[2H])COCCOC. The number of ketones is 1. The summed E-state index contributed by atoms with van der Waals surface area (Å²) in [5.41, 5.74) is 1.26. The Labute approximate surface area is 343 Å². The first-order chi connectivity index (χ1) is 28.7. The van der Waals surface area contributed by atoms with E-state index < -0.39 is 5.41 Å². The Morgan fingerprint density at radius 1 is 0.929 bits per heavy atom. The first-order valence-electron chi connectivity index (χ1n) is 19.3. The molecule has 0 spiro atoms. The van der Waals surface area contributed by atoms with Crippen molar-refractivity contribution in [3.63, 3.8) is 0 Å². The van der Waals surface area contributed by atoms with Gasteiger partial charge in [0.05, 0.1) is 103 Å². The number of hydrogen-bond donors (Lipinski definition) is 4. The van der Waals surface area contributed by atoms with Crippen molar-refractivity contribution in [2.24, 2.45) is 5.41 Å². The van der Waals surface area contributed by atoms with E-state index in [0.29, 0.717) is 46.5 Å². The number of carbonyl (C=O) groups excluding carboxylic acids is 1. The first kappa shape index (κ1) is 43.9. The van der Waals surface area contributed by atoms with Gasteiger partial charge in [0.1, 0.15) is 17.5 Å². The zero-order chi connectivity index (χ0) is 43.3. The van der Waals surface area contributed by atoms with Crippen LogP contribution in [0.25, 0.3) is 0 Å². The Bertz CT molecular complexity index is 1520. The molecule has 1 aliphatic heterocycles. The molecule has 314 valence electrons. The summed E-state index contributed by atoms with van der Waals surface area (Å²) >= 11 is 7.58. The Balaban J connectivity index is 0.000000404. The standard InChI is InChI=1S/C22H25ClN6O2S.C14H30O8.C2H4/c1-14-5-4-6-17(23)16(14)11-18(30)19-13-24-22(32-19)27-20-12-21(26-15(2)25-20)28-7-9-29(31-3)10-8-28;1-18-8-9-22-13-14(10-19-5-2-15,11-20-6-3-16)12-21-7-4-17;1-2/h4-6,12-13H,7-11H2,1-3H3,(H,24,25,26,27);15-17H,2-13H2,1H3;1-2H2/i;15D,16D,17D;. The van der Waals surface area contributed by atoms with Crippen molar-refractivity contribution in [2.75, 3.05) is 130 Å². The maximum absolute atomic E-state index is 12.8. The number of benzene rings is 1. The van der Waals surface area contributed by atoms with Crippen LogP contribution < -0.4 is 10.2 Å². The van der Waals surface area contributed by atoms with Gasteiger partial charge in [0, 0.05) is 50.8 Å². The van der Waals surface area contributed by atoms with Gasteiger partial charge in [-0.15, -0.1) is 13.2 Å². The zero-order valence-corrected chi connectivity index (χ0v) is 34.5. The molecule has 4 rings (SSSR count). The summed E-state index contributed by atoms with van der Waals surface area (Å²) in [5, 5.41) is 19.1. The van der Waals surface area contributed by atoms with Gasteiger partial charge in [-0.3, -0.25) is 4.79 Å². The molecule has 0 radical (unpaired) electrons. The number of halogens is 1. The number of rotatable bonds is 27. The highest BCUT2D eigenvalue weighted by molar-refractivity contribution is 7.17. The minimum atomic E-state index is -0.597. The lowest BCUT2D eigenvalue weighted by Gasteiger charge is -2.33. The van der Waals surface area contributed by atoms with Crippen molar-refractivity contribution in [3.05, 3.63) is 70.5 Å². The van der Waals surface area contributed by atoms with Crippen molar-refractivity contribution >= 4 is 45.5 Å². The van der Waals surface area contributed by atoms with Crippen molar-refractivity contribution in [1.82, 2.24) is 20.0 Å². The van der Waals surface area contributed by atoms with Crippen molar-refractivity contribution in [2.45, 2.75) is 20.3 Å². The molecule has 3 aromatic rings. The number of aliphatic hydroxyl groups is 3. The van der Waals surface area contributed by atoms with E-state index in [9.17, 15) is 4.79 Å². The molecule has 0 amide bonds. The number of hydroxylamine groups is 2. The van der Waals surface area contributed by atoms with Crippen LogP contribution in [-0.4, -0.2) is 165 Å². The predicted molar refractivity (Wildman–Crippen MR) is 217 cm³/mol. The molecule has 16 nitrogen and oxygen atoms in total. The highest BCUT2D eigenvalue weighted by Crippen LogP contribution is 2.27. The fraction of sp³-hybridized carbons (Fsp3) is 0.579. The molecule has 1 fully saturated rings. The summed E-state index contributed by atoms with van der Waals surface area (Å²) in [6.45, 7) is 16.3. The van der Waals surface area contributed by atoms with Crippen LogP contribution in [0.4, 0.5) is 16.8 Å². The maximum atomic E-state index is 12.8. The van der Waals surface area contributed by atoms with Gasteiger partial charge in [0.15, 0.2) is 10.9 Å². The van der Waals surface area contributed by atoms with Gasteiger partial charge < -0.3 is 54.1 Å². The molecule has 4 N–H and O–H groups in total. The van der Waals surface area contributed by atoms with Crippen LogP contribution in [0.5, 0.6) is 0 Å². The Morgan fingerprint density at radius 3 is 2.09 bits per heavy atom. The molecule has 3 heterocycles. The largest absolute Gasteiger partial charge is 0.394 e. The second-order valence-electron chi connectivity index (χ2n) is 12.4. The van der Waals surface area contributed by atoms with Gasteiger partial charge in [-0.25, -0.2) is 15.0 Å². The van der Waals surface area contributed by atoms with E-state index in [0.717, 1.165) is 43.1 Å². The molecule has 1 aliphatic rings. The van der Waals surface area contributed by atoms with E-state index >= 15 is 0 Å². The average Bonchev–Trinajstić information content (AvgIpc) is 3.72. The maximum Gasteiger partial charge on any atom is 0.210 e. The van der Waals surface area contributed by atoms with E-state index in [1.54, 1.807) is 26.5 Å². The number of aryl methyl sites for hydroxylation is 2. The summed E-state index contributed by atoms with van der Waals surface area (Å²) in [4.78, 5) is 34.3. The number of anilines is 3. The Kier molecular flexibility index (Phi) is 22.2. The fourth-order valence-corrected chi connectivity index (χ4v) is 6.36. The summed E-state index contributed by atoms with van der Waals surface area (Å²) in [5.74, 6) is 2.17. The van der Waals surface area contributed by atoms with E-state index in [1.807, 2.05) is 37.1 Å². The van der Waals surface area contributed by atoms with Gasteiger partial charge in [-0.1, -0.05) is 35.1 Å². The molecule has 0 bridgehead atoms. The lowest BCUT2D eigenvalue weighted by Crippen LogP contribution is -2.46. The normalized spacial score (nSPS) is 13.8. The Morgan fingerprint density at radius 2 is 1.54 bits per heavy atom. The van der Waals surface area contributed by atoms with Gasteiger partial charge in [-0.05, 0) is 31.0 Å². The van der Waals surface area contributed by atoms with Crippen molar-refractivity contribution < 1.29 is 48.6 Å². The van der Waals surface area contributed by atoms with Crippen LogP contribution in [-0.2, 0) is 34.9 Å². The number of ether oxygens (including phenoxy) is 5. The first-order valence-corrected chi connectivity index (χ1v) is 19.3. The number of Topliss-reactive ketones (excluding diaryl/α,β-unsaturated/α-hetero) is 1. The van der Waals surface area contributed by atoms with Crippen LogP contribution in [0, 0.1) is 19.3 Å². The van der Waals surface area contributed by atoms with E-state index in [2.05, 4.69) is 53.7 Å². The van der Waals surface area contributed by atoms with E-state index in [4.69, 9.17) is 44.4 Å². The summed E-state index contributed by atoms with van der Waals surface area (Å²) < 4.78 is 47.3. The van der Waals surface area contributed by atoms with E-state index in [1.165, 1.54) is 11.3 Å². The van der Waals surface area contributed by atoms with Crippen molar-refractivity contribution in [3.8, 4) is 0 Å². The lowest BCUT2D eigenvalue weighted by molar-refractivity contribution is -0.133. The fourth-order valence-electron chi connectivity index (χ4n) is 5.31. The number of nitrogens with zero attached hydrogens (tertiary/aromatic N) is 5. The Hall–Kier alpha value is -3.17. The number of thiazole rings is 1. The molecule has 0 atom stereocenters. The molecule has 18 heteroatoms. The molecule has 56 heavy (non-hydrogen) atoms. The number of nitrogens with one attached hydrogen (secondary N) is 1. The monoisotopic (exact) mass is 829 g/mol. The summed E-state index contributed by atoms with van der Waals surface area (Å²) in [6.07, 6.45) is 1.85. The van der Waals surface area contributed by atoms with Gasteiger partial charge in [-0.2, -0.15) is 5.06 Å². The molecular formula is C38H59ClN6O10S. The smallest absolute Gasteiger partial charge is 0.210 e. The number of methoxy groups -OCH3 is 1. The number of carbonyl (C=O) groups is 1. The topological polar surface area (TPSA) is 190 Å². The third kappa shape index (κ3) is 17.5. The number of aliphatic hydroxyl groups excluding tert-OH is 3. The third-order valence-corrected chi connectivity index (χ3v) is 9.41. The highest BCUT2D eigenvalue weighted by Gasteiger charge is 2.32. The van der Waals surface area contributed by atoms with Gasteiger partial charge in [0.25, 0.3) is 0 Å². The van der Waals surface area contributed by atoms with Gasteiger partial charge in [0.2, 0.25) is 4.29 Å². The van der Waals surface area contributed by atoms with Crippen LogP contribution in [0.1, 0.15) is 26.6 Å². The molecule has 0 unspecified atom stereocenters. The second kappa shape index (κ2) is 28.3. The van der Waals surface area contributed by atoms with Gasteiger partial charge >= 0.3 is 0 Å². The van der Waals surface area contributed by atoms with Crippen LogP contribution in [0.2, 0.25) is 5.02 Å².